The van der Waals surface area contributed by atoms with E-state index in [0.717, 1.165) is 11.6 Å². The number of alkyl halides is 3. The zero-order valence-corrected chi connectivity index (χ0v) is 10.3. The van der Waals surface area contributed by atoms with Crippen LogP contribution < -0.4 is 11.1 Å². The van der Waals surface area contributed by atoms with E-state index in [2.05, 4.69) is 5.32 Å². The lowest BCUT2D eigenvalue weighted by atomic mass is 10.1. The summed E-state index contributed by atoms with van der Waals surface area (Å²) in [5.41, 5.74) is 6.85. The minimum Gasteiger partial charge on any atom is -0.397 e. The van der Waals surface area contributed by atoms with Gasteiger partial charge in [-0.15, -0.1) is 0 Å². The van der Waals surface area contributed by atoms with Gasteiger partial charge in [0.1, 0.15) is 0 Å². The van der Waals surface area contributed by atoms with E-state index < -0.39 is 11.7 Å². The maximum atomic E-state index is 12.9. The lowest BCUT2D eigenvalue weighted by molar-refractivity contribution is -0.136. The highest BCUT2D eigenvalue weighted by atomic mass is 19.4. The van der Waals surface area contributed by atoms with Crippen LogP contribution in [-0.4, -0.2) is 0 Å². The monoisotopic (exact) mass is 266 g/mol. The summed E-state index contributed by atoms with van der Waals surface area (Å²) in [5, 5.41) is 2.74. The number of benzene rings is 2. The van der Waals surface area contributed by atoms with Crippen molar-refractivity contribution in [3.63, 3.8) is 0 Å². The van der Waals surface area contributed by atoms with Crippen LogP contribution in [-0.2, 0) is 6.18 Å². The van der Waals surface area contributed by atoms with Crippen LogP contribution >= 0.6 is 0 Å². The van der Waals surface area contributed by atoms with Gasteiger partial charge in [-0.2, -0.15) is 13.2 Å². The number of hydrogen-bond donors (Lipinski definition) is 2. The van der Waals surface area contributed by atoms with Gasteiger partial charge < -0.3 is 11.1 Å². The van der Waals surface area contributed by atoms with Crippen LogP contribution in [0.2, 0.25) is 0 Å². The molecule has 0 aliphatic heterocycles. The summed E-state index contributed by atoms with van der Waals surface area (Å²) >= 11 is 0. The summed E-state index contributed by atoms with van der Waals surface area (Å²) < 4.78 is 38.6. The lowest BCUT2D eigenvalue weighted by Gasteiger charge is -2.16. The Morgan fingerprint density at radius 2 is 1.58 bits per heavy atom. The first kappa shape index (κ1) is 13.3. The molecule has 0 radical (unpaired) electrons. The Kier molecular flexibility index (Phi) is 3.38. The minimum absolute atomic E-state index is 0.00713. The van der Waals surface area contributed by atoms with Crippen molar-refractivity contribution in [1.29, 1.82) is 0 Å². The first-order valence-corrected chi connectivity index (χ1v) is 5.68. The molecule has 0 saturated heterocycles. The number of anilines is 3. The number of aryl methyl sites for hydroxylation is 1. The van der Waals surface area contributed by atoms with Crippen molar-refractivity contribution in [2.75, 3.05) is 11.1 Å². The lowest BCUT2D eigenvalue weighted by Crippen LogP contribution is -2.09. The molecule has 0 spiro atoms. The number of nitrogen functional groups attached to an aromatic ring is 1. The molecule has 0 amide bonds. The Balaban J connectivity index is 2.42. The van der Waals surface area contributed by atoms with E-state index in [4.69, 9.17) is 5.73 Å². The van der Waals surface area contributed by atoms with Crippen molar-refractivity contribution in [1.82, 2.24) is 0 Å². The summed E-state index contributed by atoms with van der Waals surface area (Å²) in [6.07, 6.45) is -4.40. The Hall–Kier alpha value is -2.17. The maximum absolute atomic E-state index is 12.9. The molecule has 0 unspecified atom stereocenters. The van der Waals surface area contributed by atoms with Crippen molar-refractivity contribution in [3.8, 4) is 0 Å². The van der Waals surface area contributed by atoms with Crippen LogP contribution in [0.3, 0.4) is 0 Å². The molecule has 2 rings (SSSR count). The van der Waals surface area contributed by atoms with Gasteiger partial charge in [0.25, 0.3) is 0 Å². The van der Waals surface area contributed by atoms with E-state index in [1.807, 2.05) is 0 Å². The molecule has 0 fully saturated rings. The van der Waals surface area contributed by atoms with Crippen molar-refractivity contribution < 1.29 is 13.2 Å². The van der Waals surface area contributed by atoms with E-state index in [-0.39, 0.29) is 5.69 Å². The summed E-state index contributed by atoms with van der Waals surface area (Å²) in [5.74, 6) is 0. The molecule has 5 heteroatoms. The largest absolute Gasteiger partial charge is 0.418 e. The average Bonchev–Trinajstić information content (AvgIpc) is 2.34. The van der Waals surface area contributed by atoms with E-state index in [9.17, 15) is 13.2 Å². The van der Waals surface area contributed by atoms with Gasteiger partial charge in [0.2, 0.25) is 0 Å². The van der Waals surface area contributed by atoms with E-state index in [0.29, 0.717) is 11.4 Å². The van der Waals surface area contributed by atoms with E-state index >= 15 is 0 Å². The number of rotatable bonds is 2. The second-order valence-corrected chi connectivity index (χ2v) is 4.20. The number of hydrogen-bond acceptors (Lipinski definition) is 2. The summed E-state index contributed by atoms with van der Waals surface area (Å²) in [6.45, 7) is 1.80. The molecule has 2 nitrogen and oxygen atoms in total. The van der Waals surface area contributed by atoms with Gasteiger partial charge in [0.15, 0.2) is 0 Å². The Bertz CT molecular complexity index is 591. The summed E-state index contributed by atoms with van der Waals surface area (Å²) in [7, 11) is 0. The molecule has 0 heterocycles. The predicted octanol–water partition coefficient (Wildman–Crippen LogP) is 4.34. The highest BCUT2D eigenvalue weighted by Gasteiger charge is 2.33. The first-order valence-electron chi connectivity index (χ1n) is 5.68. The zero-order valence-electron chi connectivity index (χ0n) is 10.3. The molecule has 0 aromatic heterocycles. The zero-order chi connectivity index (χ0) is 14.0. The number of nitrogens with one attached hydrogen (secondary N) is 1. The quantitative estimate of drug-likeness (QED) is 0.793. The Labute approximate surface area is 109 Å². The standard InChI is InChI=1S/C14H13F3N2/c1-9-5-4-8-12(13(9)18)19-11-7-3-2-6-10(11)14(15,16)17/h2-8,19H,18H2,1H3. The fourth-order valence-corrected chi connectivity index (χ4v) is 1.77. The fraction of sp³-hybridized carbons (Fsp3) is 0.143. The Morgan fingerprint density at radius 3 is 2.26 bits per heavy atom. The van der Waals surface area contributed by atoms with Gasteiger partial charge in [-0.3, -0.25) is 0 Å². The highest BCUT2D eigenvalue weighted by molar-refractivity contribution is 5.76. The first-order chi connectivity index (χ1) is 8.89. The fourth-order valence-electron chi connectivity index (χ4n) is 1.77. The van der Waals surface area contributed by atoms with E-state index in [1.165, 1.54) is 12.1 Å². The molecule has 2 aromatic rings. The smallest absolute Gasteiger partial charge is 0.397 e. The number of nitrogens with two attached hydrogens (primary N) is 1. The van der Waals surface area contributed by atoms with Crippen LogP contribution in [0.1, 0.15) is 11.1 Å². The molecule has 3 N–H and O–H groups in total. The predicted molar refractivity (Wildman–Crippen MR) is 70.3 cm³/mol. The maximum Gasteiger partial charge on any atom is 0.418 e. The second kappa shape index (κ2) is 4.84. The molecular formula is C14H13F3N2. The third-order valence-electron chi connectivity index (χ3n) is 2.83. The van der Waals surface area contributed by atoms with Gasteiger partial charge >= 0.3 is 6.18 Å². The molecule has 0 atom stereocenters. The van der Waals surface area contributed by atoms with Gasteiger partial charge in [0.05, 0.1) is 22.6 Å². The second-order valence-electron chi connectivity index (χ2n) is 4.20. The number of para-hydroxylation sites is 2. The molecule has 0 bridgehead atoms. The van der Waals surface area contributed by atoms with Crippen molar-refractivity contribution >= 4 is 17.1 Å². The van der Waals surface area contributed by atoms with Crippen molar-refractivity contribution in [2.24, 2.45) is 0 Å². The van der Waals surface area contributed by atoms with Crippen molar-refractivity contribution in [2.45, 2.75) is 13.1 Å². The van der Waals surface area contributed by atoms with Crippen LogP contribution in [0.4, 0.5) is 30.2 Å². The van der Waals surface area contributed by atoms with Crippen LogP contribution in [0.5, 0.6) is 0 Å². The molecule has 0 aliphatic rings. The third-order valence-corrected chi connectivity index (χ3v) is 2.83. The summed E-state index contributed by atoms with van der Waals surface area (Å²) in [6, 6.07) is 10.5. The van der Waals surface area contributed by atoms with Gasteiger partial charge in [-0.1, -0.05) is 24.3 Å². The SMILES string of the molecule is Cc1cccc(Nc2ccccc2C(F)(F)F)c1N. The Morgan fingerprint density at radius 1 is 0.947 bits per heavy atom. The topological polar surface area (TPSA) is 38.0 Å². The minimum atomic E-state index is -4.40. The van der Waals surface area contributed by atoms with E-state index in [1.54, 1.807) is 31.2 Å². The molecule has 19 heavy (non-hydrogen) atoms. The van der Waals surface area contributed by atoms with Crippen LogP contribution in [0.25, 0.3) is 0 Å². The average molecular weight is 266 g/mol. The molecule has 100 valence electrons. The van der Waals surface area contributed by atoms with Crippen LogP contribution in [0.15, 0.2) is 42.5 Å². The number of halogens is 3. The van der Waals surface area contributed by atoms with Crippen LogP contribution in [0, 0.1) is 6.92 Å². The van der Waals surface area contributed by atoms with Crippen molar-refractivity contribution in [3.05, 3.63) is 53.6 Å². The van der Waals surface area contributed by atoms with Gasteiger partial charge in [-0.05, 0) is 30.7 Å². The van der Waals surface area contributed by atoms with Gasteiger partial charge in [0, 0.05) is 0 Å². The van der Waals surface area contributed by atoms with Gasteiger partial charge in [-0.25, -0.2) is 0 Å². The molecular weight excluding hydrogens is 253 g/mol. The molecule has 0 aliphatic carbocycles. The molecule has 2 aromatic carbocycles. The molecule has 0 saturated carbocycles. The summed E-state index contributed by atoms with van der Waals surface area (Å²) in [4.78, 5) is 0. The normalized spacial score (nSPS) is 11.4. The highest BCUT2D eigenvalue weighted by Crippen LogP contribution is 2.36. The third kappa shape index (κ3) is 2.81.